The minimum Gasteiger partial charge on any atom is -0.349 e. The molecule has 1 unspecified atom stereocenters. The van der Waals surface area contributed by atoms with Crippen molar-refractivity contribution in [1.82, 2.24) is 9.62 Å². The minimum absolute atomic E-state index is 0.0856. The van der Waals surface area contributed by atoms with Crippen LogP contribution in [0.5, 0.6) is 0 Å². The van der Waals surface area contributed by atoms with Gasteiger partial charge >= 0.3 is 0 Å². The molecule has 1 heterocycles. The first kappa shape index (κ1) is 23.1. The number of halogens is 1. The van der Waals surface area contributed by atoms with E-state index in [1.54, 1.807) is 0 Å². The molecular formula is C26H27FN2O3S. The number of hydrogen-bond donors (Lipinski definition) is 1. The molecule has 1 N–H and O–H groups in total. The van der Waals surface area contributed by atoms with Gasteiger partial charge in [-0.25, -0.2) is 12.8 Å². The largest absolute Gasteiger partial charge is 0.349 e. The van der Waals surface area contributed by atoms with Crippen LogP contribution in [0.3, 0.4) is 0 Å². The molecule has 1 fully saturated rings. The lowest BCUT2D eigenvalue weighted by Crippen LogP contribution is -2.43. The maximum absolute atomic E-state index is 14.0. The third kappa shape index (κ3) is 5.15. The molecule has 0 aromatic heterocycles. The zero-order chi connectivity index (χ0) is 23.4. The number of piperidine rings is 1. The average Bonchev–Trinajstić information content (AvgIpc) is 2.85. The standard InChI is InChI=1S/C26H27FN2O3S/c1-19(20-11-13-22(14-12-20)21-7-3-2-4-8-21)28-26(30)23-15-17-29(18-16-23)33(31,32)25-10-6-5-9-24(25)27/h2-14,19,23H,15-18H2,1H3,(H,28,30). The van der Waals surface area contributed by atoms with Crippen molar-refractivity contribution in [1.29, 1.82) is 0 Å². The summed E-state index contributed by atoms with van der Waals surface area (Å²) in [7, 11) is -3.91. The van der Waals surface area contributed by atoms with Crippen molar-refractivity contribution < 1.29 is 17.6 Å². The van der Waals surface area contributed by atoms with Gasteiger partial charge in [-0.3, -0.25) is 4.79 Å². The Hall–Kier alpha value is -3.03. The topological polar surface area (TPSA) is 66.5 Å². The van der Waals surface area contributed by atoms with Crippen molar-refractivity contribution in [3.8, 4) is 11.1 Å². The molecule has 0 bridgehead atoms. The molecule has 7 heteroatoms. The number of benzene rings is 3. The van der Waals surface area contributed by atoms with Crippen LogP contribution in [0.2, 0.25) is 0 Å². The molecule has 33 heavy (non-hydrogen) atoms. The quantitative estimate of drug-likeness (QED) is 0.569. The number of hydrogen-bond acceptors (Lipinski definition) is 3. The number of nitrogens with one attached hydrogen (secondary N) is 1. The van der Waals surface area contributed by atoms with E-state index in [0.29, 0.717) is 12.8 Å². The van der Waals surface area contributed by atoms with Gasteiger partial charge in [0.25, 0.3) is 0 Å². The van der Waals surface area contributed by atoms with E-state index in [4.69, 9.17) is 0 Å². The van der Waals surface area contributed by atoms with Crippen molar-refractivity contribution in [3.05, 3.63) is 90.2 Å². The maximum Gasteiger partial charge on any atom is 0.245 e. The summed E-state index contributed by atoms with van der Waals surface area (Å²) >= 11 is 0. The van der Waals surface area contributed by atoms with E-state index in [0.717, 1.165) is 22.8 Å². The molecule has 3 aromatic carbocycles. The fourth-order valence-electron chi connectivity index (χ4n) is 4.16. The van der Waals surface area contributed by atoms with E-state index < -0.39 is 15.8 Å². The predicted octanol–water partition coefficient (Wildman–Crippen LogP) is 4.77. The molecule has 1 saturated heterocycles. The number of nitrogens with zero attached hydrogens (tertiary/aromatic N) is 1. The number of carbonyl (C=O) groups excluding carboxylic acids is 1. The second kappa shape index (κ2) is 9.85. The van der Waals surface area contributed by atoms with Crippen LogP contribution in [0.15, 0.2) is 83.8 Å². The predicted molar refractivity (Wildman–Crippen MR) is 126 cm³/mol. The highest BCUT2D eigenvalue weighted by Gasteiger charge is 2.33. The summed E-state index contributed by atoms with van der Waals surface area (Å²) in [5.41, 5.74) is 3.25. The van der Waals surface area contributed by atoms with Gasteiger partial charge in [-0.1, -0.05) is 66.7 Å². The lowest BCUT2D eigenvalue weighted by atomic mass is 9.96. The van der Waals surface area contributed by atoms with Crippen LogP contribution < -0.4 is 5.32 Å². The highest BCUT2D eigenvalue weighted by molar-refractivity contribution is 7.89. The molecule has 1 atom stereocenters. The van der Waals surface area contributed by atoms with Crippen molar-refractivity contribution >= 4 is 15.9 Å². The summed E-state index contributed by atoms with van der Waals surface area (Å²) in [6.45, 7) is 2.32. The molecule has 0 spiro atoms. The van der Waals surface area contributed by atoms with Gasteiger partial charge in [-0.2, -0.15) is 4.31 Å². The number of rotatable bonds is 6. The van der Waals surface area contributed by atoms with Gasteiger partial charge in [-0.15, -0.1) is 0 Å². The molecule has 1 aliphatic heterocycles. The molecule has 0 saturated carbocycles. The Morgan fingerprint density at radius 1 is 0.909 bits per heavy atom. The van der Waals surface area contributed by atoms with E-state index in [1.807, 2.05) is 49.4 Å². The zero-order valence-electron chi connectivity index (χ0n) is 18.4. The van der Waals surface area contributed by atoms with Gasteiger partial charge in [0.05, 0.1) is 6.04 Å². The summed E-state index contributed by atoms with van der Waals surface area (Å²) in [6.07, 6.45) is 0.804. The lowest BCUT2D eigenvalue weighted by molar-refractivity contribution is -0.126. The zero-order valence-corrected chi connectivity index (χ0v) is 19.3. The van der Waals surface area contributed by atoms with Gasteiger partial charge in [0.15, 0.2) is 0 Å². The third-order valence-electron chi connectivity index (χ3n) is 6.16. The van der Waals surface area contributed by atoms with E-state index in [2.05, 4.69) is 17.4 Å². The fourth-order valence-corrected chi connectivity index (χ4v) is 5.70. The summed E-state index contributed by atoms with van der Waals surface area (Å²) in [4.78, 5) is 12.5. The minimum atomic E-state index is -3.91. The van der Waals surface area contributed by atoms with Crippen molar-refractivity contribution in [3.63, 3.8) is 0 Å². The van der Waals surface area contributed by atoms with Gasteiger partial charge in [0, 0.05) is 19.0 Å². The van der Waals surface area contributed by atoms with Crippen molar-refractivity contribution in [2.24, 2.45) is 5.92 Å². The Bertz CT molecular complexity index is 1210. The Labute approximate surface area is 194 Å². The Balaban J connectivity index is 1.34. The Kier molecular flexibility index (Phi) is 6.91. The first-order valence-corrected chi connectivity index (χ1v) is 12.5. The van der Waals surface area contributed by atoms with Crippen LogP contribution in [0, 0.1) is 11.7 Å². The number of amides is 1. The van der Waals surface area contributed by atoms with E-state index >= 15 is 0 Å². The molecule has 0 radical (unpaired) electrons. The highest BCUT2D eigenvalue weighted by Crippen LogP contribution is 2.27. The van der Waals surface area contributed by atoms with Gasteiger partial charge < -0.3 is 5.32 Å². The van der Waals surface area contributed by atoms with Crippen LogP contribution in [0.4, 0.5) is 4.39 Å². The van der Waals surface area contributed by atoms with E-state index in [1.165, 1.54) is 22.5 Å². The van der Waals surface area contributed by atoms with Crippen LogP contribution in [0.1, 0.15) is 31.4 Å². The molecule has 172 valence electrons. The lowest BCUT2D eigenvalue weighted by Gasteiger charge is -2.31. The number of carbonyl (C=O) groups is 1. The van der Waals surface area contributed by atoms with Gasteiger partial charge in [-0.05, 0) is 48.6 Å². The van der Waals surface area contributed by atoms with Gasteiger partial charge in [0.1, 0.15) is 10.7 Å². The number of sulfonamides is 1. The first-order valence-electron chi connectivity index (χ1n) is 11.1. The smallest absolute Gasteiger partial charge is 0.245 e. The summed E-state index contributed by atoms with van der Waals surface area (Å²) in [5, 5.41) is 3.05. The van der Waals surface area contributed by atoms with Gasteiger partial charge in [0.2, 0.25) is 15.9 Å². The van der Waals surface area contributed by atoms with Crippen LogP contribution >= 0.6 is 0 Å². The van der Waals surface area contributed by atoms with Crippen LogP contribution in [-0.4, -0.2) is 31.7 Å². The molecule has 3 aromatic rings. The second-order valence-electron chi connectivity index (χ2n) is 8.33. The summed E-state index contributed by atoms with van der Waals surface area (Å²) < 4.78 is 40.8. The Morgan fingerprint density at radius 2 is 1.48 bits per heavy atom. The summed E-state index contributed by atoms with van der Waals surface area (Å²) in [5.74, 6) is -1.12. The molecule has 1 aliphatic rings. The molecule has 0 aliphatic carbocycles. The third-order valence-corrected chi connectivity index (χ3v) is 8.09. The second-order valence-corrected chi connectivity index (χ2v) is 10.2. The highest BCUT2D eigenvalue weighted by atomic mass is 32.2. The fraction of sp³-hybridized carbons (Fsp3) is 0.269. The van der Waals surface area contributed by atoms with Crippen molar-refractivity contribution in [2.45, 2.75) is 30.7 Å². The summed E-state index contributed by atoms with van der Waals surface area (Å²) in [6, 6.07) is 23.4. The average molecular weight is 467 g/mol. The van der Waals surface area contributed by atoms with E-state index in [9.17, 15) is 17.6 Å². The van der Waals surface area contributed by atoms with Crippen LogP contribution in [0.25, 0.3) is 11.1 Å². The normalized spacial score (nSPS) is 16.3. The van der Waals surface area contributed by atoms with Crippen LogP contribution in [-0.2, 0) is 14.8 Å². The SMILES string of the molecule is CC(NC(=O)C1CCN(S(=O)(=O)c2ccccc2F)CC1)c1ccc(-c2ccccc2)cc1. The molecule has 4 rings (SSSR count). The Morgan fingerprint density at radius 3 is 2.12 bits per heavy atom. The molecular weight excluding hydrogens is 439 g/mol. The first-order chi connectivity index (χ1) is 15.9. The maximum atomic E-state index is 14.0. The van der Waals surface area contributed by atoms with Crippen molar-refractivity contribution in [2.75, 3.05) is 13.1 Å². The monoisotopic (exact) mass is 466 g/mol. The van der Waals surface area contributed by atoms with E-state index in [-0.39, 0.29) is 35.9 Å². The molecule has 1 amide bonds. The molecule has 5 nitrogen and oxygen atoms in total.